The molecule has 0 aliphatic heterocycles. The summed E-state index contributed by atoms with van der Waals surface area (Å²) in [6.45, 7) is 3.82. The number of rotatable bonds is 7. The molecule has 1 aromatic heterocycles. The number of aromatic nitrogens is 1. The van der Waals surface area contributed by atoms with E-state index in [0.717, 1.165) is 9.86 Å². The fourth-order valence-electron chi connectivity index (χ4n) is 2.11. The third-order valence-corrected chi connectivity index (χ3v) is 3.61. The smallest absolute Gasteiger partial charge is 0.340 e. The highest BCUT2D eigenvalue weighted by Gasteiger charge is 2.16. The van der Waals surface area contributed by atoms with Crippen LogP contribution in [0.25, 0.3) is 10.9 Å². The molecule has 128 valence electrons. The van der Waals surface area contributed by atoms with Gasteiger partial charge in [-0.2, -0.15) is 0 Å². The summed E-state index contributed by atoms with van der Waals surface area (Å²) in [6.07, 6.45) is 0. The van der Waals surface area contributed by atoms with E-state index in [0.29, 0.717) is 23.4 Å². The number of nitrogens with zero attached hydrogens (tertiary/aromatic N) is 1. The average Bonchev–Trinajstić information content (AvgIpc) is 2.54. The van der Waals surface area contributed by atoms with Gasteiger partial charge in [0.25, 0.3) is 0 Å². The van der Waals surface area contributed by atoms with E-state index in [1.807, 2.05) is 18.2 Å². The Bertz CT molecular complexity index is 747. The van der Waals surface area contributed by atoms with Crippen molar-refractivity contribution < 1.29 is 23.8 Å². The summed E-state index contributed by atoms with van der Waals surface area (Å²) in [7, 11) is 0. The molecule has 0 spiro atoms. The molecule has 0 atom stereocenters. The molecule has 0 saturated heterocycles. The van der Waals surface area contributed by atoms with Crippen LogP contribution in [0.5, 0.6) is 0 Å². The van der Waals surface area contributed by atoms with Gasteiger partial charge < -0.3 is 14.2 Å². The number of pyridine rings is 1. The number of halogens is 1. The van der Waals surface area contributed by atoms with Crippen LogP contribution in [0.3, 0.4) is 0 Å². The lowest BCUT2D eigenvalue weighted by molar-refractivity contribution is -0.148. The minimum absolute atomic E-state index is 0.00934. The maximum absolute atomic E-state index is 12.2. The summed E-state index contributed by atoms with van der Waals surface area (Å²) in [5.41, 5.74) is 1.46. The van der Waals surface area contributed by atoms with E-state index in [2.05, 4.69) is 20.9 Å². The summed E-state index contributed by atoms with van der Waals surface area (Å²) in [6, 6.07) is 7.29. The normalized spacial score (nSPS) is 10.6. The first kappa shape index (κ1) is 18.4. The number of benzene rings is 1. The molecule has 0 aliphatic rings. The zero-order chi connectivity index (χ0) is 17.5. The van der Waals surface area contributed by atoms with Crippen molar-refractivity contribution in [3.05, 3.63) is 40.0 Å². The first-order chi connectivity index (χ1) is 11.5. The minimum Gasteiger partial charge on any atom is -0.464 e. The zero-order valence-electron chi connectivity index (χ0n) is 13.5. The van der Waals surface area contributed by atoms with E-state index < -0.39 is 11.9 Å². The molecule has 0 fully saturated rings. The molecular formula is C17H18BrNO5. The third-order valence-electron chi connectivity index (χ3n) is 3.12. The van der Waals surface area contributed by atoms with E-state index in [9.17, 15) is 9.59 Å². The number of fused-ring (bicyclic) bond motifs is 1. The van der Waals surface area contributed by atoms with Crippen LogP contribution >= 0.6 is 15.9 Å². The summed E-state index contributed by atoms with van der Waals surface area (Å²) < 4.78 is 16.1. The van der Waals surface area contributed by atoms with Gasteiger partial charge in [0.05, 0.1) is 36.6 Å². The number of carbonyl (C=O) groups is 2. The first-order valence-corrected chi connectivity index (χ1v) is 8.34. The predicted octanol–water partition coefficient (Wildman–Crippen LogP) is 3.25. The van der Waals surface area contributed by atoms with Gasteiger partial charge in [-0.15, -0.1) is 0 Å². The summed E-state index contributed by atoms with van der Waals surface area (Å²) in [5, 5.41) is 0.815. The molecule has 2 rings (SSSR count). The van der Waals surface area contributed by atoms with Gasteiger partial charge in [-0.05, 0) is 32.0 Å². The molecule has 0 amide bonds. The molecule has 1 aromatic carbocycles. The highest BCUT2D eigenvalue weighted by molar-refractivity contribution is 9.10. The van der Waals surface area contributed by atoms with Crippen LogP contribution in [-0.2, 0) is 25.6 Å². The quantitative estimate of drug-likeness (QED) is 0.669. The molecular weight excluding hydrogens is 378 g/mol. The molecule has 6 nitrogen and oxygen atoms in total. The van der Waals surface area contributed by atoms with Gasteiger partial charge in [0.15, 0.2) is 0 Å². The van der Waals surface area contributed by atoms with Gasteiger partial charge in [0.2, 0.25) is 0 Å². The van der Waals surface area contributed by atoms with Gasteiger partial charge in [0.1, 0.15) is 6.61 Å². The van der Waals surface area contributed by atoms with E-state index in [1.54, 1.807) is 19.9 Å². The second-order valence-electron chi connectivity index (χ2n) is 4.84. The Labute approximate surface area is 148 Å². The zero-order valence-corrected chi connectivity index (χ0v) is 15.1. The third kappa shape index (κ3) is 4.75. The molecule has 0 radical (unpaired) electrons. The Kier molecular flexibility index (Phi) is 6.69. The largest absolute Gasteiger partial charge is 0.464 e. The topological polar surface area (TPSA) is 74.7 Å². The highest BCUT2D eigenvalue weighted by Crippen LogP contribution is 2.22. The Morgan fingerprint density at radius 1 is 1.12 bits per heavy atom. The number of carbonyl (C=O) groups excluding carboxylic acids is 2. The lowest BCUT2D eigenvalue weighted by Gasteiger charge is -2.11. The summed E-state index contributed by atoms with van der Waals surface area (Å²) in [4.78, 5) is 28.0. The van der Waals surface area contributed by atoms with Crippen molar-refractivity contribution in [1.29, 1.82) is 0 Å². The van der Waals surface area contributed by atoms with E-state index in [-0.39, 0.29) is 19.8 Å². The maximum atomic E-state index is 12.2. The second-order valence-corrected chi connectivity index (χ2v) is 5.75. The Morgan fingerprint density at radius 2 is 1.88 bits per heavy atom. The molecule has 0 bridgehead atoms. The summed E-state index contributed by atoms with van der Waals surface area (Å²) in [5.74, 6) is -0.928. The highest BCUT2D eigenvalue weighted by atomic mass is 79.9. The lowest BCUT2D eigenvalue weighted by Crippen LogP contribution is -2.15. The monoisotopic (exact) mass is 395 g/mol. The van der Waals surface area contributed by atoms with Gasteiger partial charge in [-0.3, -0.25) is 0 Å². The maximum Gasteiger partial charge on any atom is 0.340 e. The van der Waals surface area contributed by atoms with E-state index in [1.165, 1.54) is 0 Å². The second kappa shape index (κ2) is 8.75. The van der Waals surface area contributed by atoms with Crippen molar-refractivity contribution in [3.63, 3.8) is 0 Å². The predicted molar refractivity (Wildman–Crippen MR) is 91.7 cm³/mol. The van der Waals surface area contributed by atoms with Crippen LogP contribution in [0.4, 0.5) is 0 Å². The van der Waals surface area contributed by atoms with Crippen LogP contribution in [0.15, 0.2) is 28.7 Å². The van der Waals surface area contributed by atoms with Gasteiger partial charge >= 0.3 is 11.9 Å². The van der Waals surface area contributed by atoms with Crippen molar-refractivity contribution in [3.8, 4) is 0 Å². The Balaban J connectivity index is 2.28. The van der Waals surface area contributed by atoms with Crippen LogP contribution < -0.4 is 0 Å². The van der Waals surface area contributed by atoms with Crippen LogP contribution in [0, 0.1) is 0 Å². The first-order valence-electron chi connectivity index (χ1n) is 7.54. The lowest BCUT2D eigenvalue weighted by atomic mass is 10.1. The minimum atomic E-state index is -0.468. The summed E-state index contributed by atoms with van der Waals surface area (Å²) >= 11 is 3.39. The SMILES string of the molecule is CCOC(=O)COCc1nc2cc(Br)ccc2cc1C(=O)OCC. The van der Waals surface area contributed by atoms with Crippen LogP contribution in [0.2, 0.25) is 0 Å². The molecule has 1 heterocycles. The van der Waals surface area contributed by atoms with Gasteiger partial charge in [0, 0.05) is 9.86 Å². The number of hydrogen-bond donors (Lipinski definition) is 0. The van der Waals surface area contributed by atoms with Crippen molar-refractivity contribution in [2.24, 2.45) is 0 Å². The van der Waals surface area contributed by atoms with E-state index >= 15 is 0 Å². The van der Waals surface area contributed by atoms with E-state index in [4.69, 9.17) is 14.2 Å². The van der Waals surface area contributed by atoms with Crippen molar-refractivity contribution >= 4 is 38.8 Å². The van der Waals surface area contributed by atoms with Gasteiger partial charge in [-0.25, -0.2) is 14.6 Å². The standard InChI is InChI=1S/C17H18BrNO5/c1-3-23-16(20)10-22-9-15-13(17(21)24-4-2)7-11-5-6-12(18)8-14(11)19-15/h5-8H,3-4,9-10H2,1-2H3. The molecule has 0 saturated carbocycles. The van der Waals surface area contributed by atoms with Crippen LogP contribution in [0.1, 0.15) is 29.9 Å². The molecule has 2 aromatic rings. The number of ether oxygens (including phenoxy) is 3. The Hall–Kier alpha value is -1.99. The molecule has 24 heavy (non-hydrogen) atoms. The fraction of sp³-hybridized carbons (Fsp3) is 0.353. The number of hydrogen-bond acceptors (Lipinski definition) is 6. The van der Waals surface area contributed by atoms with Gasteiger partial charge in [-0.1, -0.05) is 22.0 Å². The fourth-order valence-corrected chi connectivity index (χ4v) is 2.46. The van der Waals surface area contributed by atoms with Crippen molar-refractivity contribution in [2.45, 2.75) is 20.5 Å². The Morgan fingerprint density at radius 3 is 2.58 bits per heavy atom. The average molecular weight is 396 g/mol. The molecule has 0 aliphatic carbocycles. The molecule has 0 unspecified atom stereocenters. The van der Waals surface area contributed by atoms with Crippen molar-refractivity contribution in [1.82, 2.24) is 4.98 Å². The van der Waals surface area contributed by atoms with Crippen LogP contribution in [-0.4, -0.2) is 36.7 Å². The molecule has 0 N–H and O–H groups in total. The number of esters is 2. The molecule has 7 heteroatoms. The van der Waals surface area contributed by atoms with Crippen molar-refractivity contribution in [2.75, 3.05) is 19.8 Å².